The maximum atomic E-state index is 14.1. The van der Waals surface area contributed by atoms with Crippen LogP contribution in [-0.2, 0) is 31.8 Å². The van der Waals surface area contributed by atoms with Crippen LogP contribution in [0.15, 0.2) is 36.5 Å². The van der Waals surface area contributed by atoms with Crippen molar-refractivity contribution in [3.05, 3.63) is 58.8 Å². The van der Waals surface area contributed by atoms with Gasteiger partial charge in [-0.25, -0.2) is 4.98 Å². The van der Waals surface area contributed by atoms with Crippen molar-refractivity contribution in [1.82, 2.24) is 9.88 Å². The first-order valence-electron chi connectivity index (χ1n) is 13.7. The molecule has 1 aromatic carbocycles. The van der Waals surface area contributed by atoms with Crippen molar-refractivity contribution < 1.29 is 71.6 Å². The fourth-order valence-electron chi connectivity index (χ4n) is 6.05. The Morgan fingerprint density at radius 3 is 2.40 bits per heavy atom. The Morgan fingerprint density at radius 1 is 1.17 bits per heavy atom. The fourth-order valence-corrected chi connectivity index (χ4v) is 6.05. The number of benzene rings is 1. The molecule has 1 amide bonds. The minimum Gasteiger partial charge on any atom is -0.548 e. The van der Waals surface area contributed by atoms with E-state index in [1.165, 1.54) is 12.0 Å². The number of ether oxygens (including phenoxy) is 3. The van der Waals surface area contributed by atoms with Crippen LogP contribution in [0, 0.1) is 18.3 Å². The maximum absolute atomic E-state index is 14.1. The molecule has 2 aliphatic heterocycles. The van der Waals surface area contributed by atoms with Crippen LogP contribution in [0.4, 0.5) is 13.2 Å². The third kappa shape index (κ3) is 7.13. The van der Waals surface area contributed by atoms with Crippen molar-refractivity contribution in [1.29, 1.82) is 0 Å². The molecule has 4 rings (SSSR count). The fraction of sp³-hybridized carbons (Fsp3) is 0.567. The van der Waals surface area contributed by atoms with Gasteiger partial charge < -0.3 is 29.0 Å². The summed E-state index contributed by atoms with van der Waals surface area (Å²) in [4.78, 5) is 32.0. The Bertz CT molecular complexity index is 1260. The van der Waals surface area contributed by atoms with Gasteiger partial charge in [-0.3, -0.25) is 4.79 Å². The molecule has 5 atom stereocenters. The normalized spacial score (nSPS) is 24.7. The molecule has 0 radical (unpaired) electrons. The number of aliphatic carboxylic acids is 1. The second kappa shape index (κ2) is 13.6. The van der Waals surface area contributed by atoms with E-state index in [1.807, 2.05) is 45.9 Å². The average Bonchev–Trinajstić information content (AvgIpc) is 3.27. The van der Waals surface area contributed by atoms with Crippen LogP contribution in [0.3, 0.4) is 0 Å². The summed E-state index contributed by atoms with van der Waals surface area (Å²) >= 11 is 0. The molecule has 0 bridgehead atoms. The minimum absolute atomic E-state index is 0. The van der Waals surface area contributed by atoms with Crippen LogP contribution in [-0.4, -0.2) is 53.7 Å². The number of carboxylic acid groups (broad SMARTS) is 1. The van der Waals surface area contributed by atoms with E-state index in [-0.39, 0.29) is 47.6 Å². The quantitative estimate of drug-likeness (QED) is 0.441. The molecule has 0 unspecified atom stereocenters. The number of carboxylic acids is 1. The Labute approximate surface area is 266 Å². The molecule has 12 heteroatoms. The predicted molar refractivity (Wildman–Crippen MR) is 140 cm³/mol. The minimum atomic E-state index is -4.64. The van der Waals surface area contributed by atoms with Gasteiger partial charge in [0.2, 0.25) is 5.88 Å². The summed E-state index contributed by atoms with van der Waals surface area (Å²) in [5, 5.41) is 12.8. The molecule has 0 saturated carbocycles. The summed E-state index contributed by atoms with van der Waals surface area (Å²) in [7, 11) is 1.29. The second-order valence-electron chi connectivity index (χ2n) is 11.7. The van der Waals surface area contributed by atoms with E-state index < -0.39 is 59.2 Å². The second-order valence-corrected chi connectivity index (χ2v) is 11.7. The molecule has 8 nitrogen and oxygen atoms in total. The number of methoxy groups -OCH3 is 1. The number of alkyl halides is 3. The zero-order valence-corrected chi connectivity index (χ0v) is 26.9. The number of aromatic nitrogens is 1. The number of aryl methyl sites for hydroxylation is 1. The number of pyridine rings is 1. The van der Waals surface area contributed by atoms with Crippen molar-refractivity contribution in [3.8, 4) is 5.88 Å². The van der Waals surface area contributed by atoms with Gasteiger partial charge in [0.15, 0.2) is 0 Å². The SMILES string of the molecule is COc1ncc(C(F)(F)F)cc1CO[C@H]1[C@H](C(C)(C)C)[C@@H](C(=O)[O-])N(C(=O)[C@@H]2CCCCO2)[C@H]1c1ccccc1C.[Na+]. The summed E-state index contributed by atoms with van der Waals surface area (Å²) in [6, 6.07) is 5.95. The number of hydrogen-bond donors (Lipinski definition) is 0. The monoisotopic (exact) mass is 600 g/mol. The number of rotatable bonds is 7. The molecule has 0 N–H and O–H groups in total. The van der Waals surface area contributed by atoms with E-state index in [4.69, 9.17) is 14.2 Å². The first-order chi connectivity index (χ1) is 19.3. The molecular weight excluding hydrogens is 564 g/mol. The molecule has 2 aromatic rings. The van der Waals surface area contributed by atoms with Gasteiger partial charge in [0.1, 0.15) is 6.10 Å². The molecule has 2 fully saturated rings. The summed E-state index contributed by atoms with van der Waals surface area (Å²) in [6.45, 7) is 7.41. The zero-order chi connectivity index (χ0) is 30.1. The molecule has 2 saturated heterocycles. The van der Waals surface area contributed by atoms with Crippen molar-refractivity contribution >= 4 is 11.9 Å². The van der Waals surface area contributed by atoms with E-state index in [1.54, 1.807) is 6.07 Å². The van der Waals surface area contributed by atoms with Gasteiger partial charge in [0.05, 0.1) is 43.4 Å². The third-order valence-electron chi connectivity index (χ3n) is 7.94. The van der Waals surface area contributed by atoms with E-state index in [0.717, 1.165) is 24.5 Å². The topological polar surface area (TPSA) is 101 Å². The number of carbonyl (C=O) groups is 2. The van der Waals surface area contributed by atoms with Crippen LogP contribution in [0.25, 0.3) is 0 Å². The Hall–Kier alpha value is -2.18. The molecule has 42 heavy (non-hydrogen) atoms. The zero-order valence-electron chi connectivity index (χ0n) is 24.9. The largest absolute Gasteiger partial charge is 1.00 e. The number of hydrogen-bond acceptors (Lipinski definition) is 7. The van der Waals surface area contributed by atoms with Crippen LogP contribution in [0.2, 0.25) is 0 Å². The van der Waals surface area contributed by atoms with E-state index in [2.05, 4.69) is 4.98 Å². The molecular formula is C30H36F3N2NaO6. The molecule has 224 valence electrons. The standard InChI is InChI=1S/C30H37F3N2O6.Na/c1-17-10-6-7-11-20(17)23-25(41-16-18-14-19(30(31,32)33)15-34-26(18)39-5)22(29(2,3)4)24(28(37)38)35(23)27(36)21-12-8-9-13-40-21;/h6-7,10-11,14-15,21-25H,8-9,12-13,16H2,1-5H3,(H,37,38);/q;+1/p-1/t21-,22+,23-,24-,25-;/m0./s1. The summed E-state index contributed by atoms with van der Waals surface area (Å²) < 4.78 is 57.9. The number of carbonyl (C=O) groups excluding carboxylic acids is 2. The van der Waals surface area contributed by atoms with Crippen LogP contribution < -0.4 is 39.4 Å². The van der Waals surface area contributed by atoms with Gasteiger partial charge in [0, 0.05) is 24.3 Å². The Morgan fingerprint density at radius 2 is 1.86 bits per heavy atom. The maximum Gasteiger partial charge on any atom is 1.00 e. The molecule has 0 aliphatic carbocycles. The van der Waals surface area contributed by atoms with Gasteiger partial charge in [-0.05, 0) is 48.8 Å². The Kier molecular flexibility index (Phi) is 11.1. The van der Waals surface area contributed by atoms with E-state index in [0.29, 0.717) is 24.8 Å². The van der Waals surface area contributed by atoms with Crippen LogP contribution in [0.5, 0.6) is 5.88 Å². The molecule has 2 aliphatic rings. The summed E-state index contributed by atoms with van der Waals surface area (Å²) in [5.74, 6) is -2.73. The van der Waals surface area contributed by atoms with E-state index >= 15 is 0 Å². The summed E-state index contributed by atoms with van der Waals surface area (Å²) in [6.07, 6.45) is -3.67. The first kappa shape index (κ1) is 34.3. The van der Waals surface area contributed by atoms with Crippen LogP contribution >= 0.6 is 0 Å². The predicted octanol–water partition coefficient (Wildman–Crippen LogP) is 1.24. The van der Waals surface area contributed by atoms with Crippen molar-refractivity contribution in [2.75, 3.05) is 13.7 Å². The first-order valence-corrected chi connectivity index (χ1v) is 13.7. The van der Waals surface area contributed by atoms with Gasteiger partial charge >= 0.3 is 35.7 Å². The molecule has 1 aromatic heterocycles. The smallest absolute Gasteiger partial charge is 0.548 e. The van der Waals surface area contributed by atoms with Gasteiger partial charge in [-0.15, -0.1) is 0 Å². The number of nitrogens with zero attached hydrogens (tertiary/aromatic N) is 2. The number of halogens is 3. The number of likely N-dealkylation sites (tertiary alicyclic amines) is 1. The Balaban J connectivity index is 0.00000484. The third-order valence-corrected chi connectivity index (χ3v) is 7.94. The van der Waals surface area contributed by atoms with Crippen molar-refractivity contribution in [2.45, 2.75) is 84.0 Å². The van der Waals surface area contributed by atoms with Crippen molar-refractivity contribution in [3.63, 3.8) is 0 Å². The van der Waals surface area contributed by atoms with Gasteiger partial charge in [-0.2, -0.15) is 13.2 Å². The summed E-state index contributed by atoms with van der Waals surface area (Å²) in [5.41, 5.74) is -0.157. The van der Waals surface area contributed by atoms with Gasteiger partial charge in [0.25, 0.3) is 5.91 Å². The van der Waals surface area contributed by atoms with E-state index in [9.17, 15) is 27.9 Å². The van der Waals surface area contributed by atoms with Crippen LogP contribution in [0.1, 0.15) is 68.3 Å². The number of amides is 1. The molecule has 3 heterocycles. The average molecular weight is 601 g/mol. The molecule has 0 spiro atoms. The van der Waals surface area contributed by atoms with Gasteiger partial charge in [-0.1, -0.05) is 45.0 Å². The van der Waals surface area contributed by atoms with Crippen molar-refractivity contribution in [2.24, 2.45) is 11.3 Å².